The SMILES string of the molecule is CNC(=O)[C@H](C)N(Cc1ccccc1Cl)C(=O)CCSc1ccc(Cl)cc1. The number of carbonyl (C=O) groups excluding carboxylic acids is 2. The van der Waals surface area contributed by atoms with Gasteiger partial charge in [0.05, 0.1) is 0 Å². The Morgan fingerprint density at radius 1 is 1.11 bits per heavy atom. The van der Waals surface area contributed by atoms with Crippen molar-refractivity contribution in [2.24, 2.45) is 0 Å². The minimum Gasteiger partial charge on any atom is -0.357 e. The summed E-state index contributed by atoms with van der Waals surface area (Å²) in [4.78, 5) is 27.6. The molecule has 0 fully saturated rings. The minimum absolute atomic E-state index is 0.0903. The Kier molecular flexibility index (Phi) is 8.48. The number of carbonyl (C=O) groups is 2. The second-order valence-corrected chi connectivity index (χ2v) is 7.97. The van der Waals surface area contributed by atoms with Gasteiger partial charge in [-0.15, -0.1) is 11.8 Å². The van der Waals surface area contributed by atoms with E-state index in [0.717, 1.165) is 10.5 Å². The molecule has 2 amide bonds. The lowest BCUT2D eigenvalue weighted by atomic mass is 10.1. The van der Waals surface area contributed by atoms with Crippen LogP contribution in [0.2, 0.25) is 10.0 Å². The number of rotatable bonds is 8. The van der Waals surface area contributed by atoms with Gasteiger partial charge in [-0.2, -0.15) is 0 Å². The lowest BCUT2D eigenvalue weighted by Gasteiger charge is -2.28. The molecule has 2 aromatic carbocycles. The number of hydrogen-bond acceptors (Lipinski definition) is 3. The van der Waals surface area contributed by atoms with Crippen LogP contribution < -0.4 is 5.32 Å². The molecule has 0 aliphatic carbocycles. The van der Waals surface area contributed by atoms with Crippen LogP contribution in [-0.2, 0) is 16.1 Å². The van der Waals surface area contributed by atoms with Crippen LogP contribution in [0.25, 0.3) is 0 Å². The Hall–Kier alpha value is -1.69. The normalized spacial score (nSPS) is 11.7. The van der Waals surface area contributed by atoms with E-state index in [4.69, 9.17) is 23.2 Å². The predicted molar refractivity (Wildman–Crippen MR) is 112 cm³/mol. The topological polar surface area (TPSA) is 49.4 Å². The molecule has 27 heavy (non-hydrogen) atoms. The highest BCUT2D eigenvalue weighted by molar-refractivity contribution is 7.99. The zero-order valence-corrected chi connectivity index (χ0v) is 17.6. The van der Waals surface area contributed by atoms with Gasteiger partial charge in [0.1, 0.15) is 6.04 Å². The van der Waals surface area contributed by atoms with Crippen LogP contribution in [-0.4, -0.2) is 35.6 Å². The summed E-state index contributed by atoms with van der Waals surface area (Å²) in [6, 6.07) is 14.2. The summed E-state index contributed by atoms with van der Waals surface area (Å²) in [6.45, 7) is 2.01. The average molecular weight is 425 g/mol. The largest absolute Gasteiger partial charge is 0.357 e. The van der Waals surface area contributed by atoms with Crippen molar-refractivity contribution in [1.82, 2.24) is 10.2 Å². The first-order valence-corrected chi connectivity index (χ1v) is 10.3. The molecule has 1 N–H and O–H groups in total. The highest BCUT2D eigenvalue weighted by atomic mass is 35.5. The molecule has 0 aliphatic heterocycles. The summed E-state index contributed by atoms with van der Waals surface area (Å²) in [6.07, 6.45) is 0.319. The third-order valence-electron chi connectivity index (χ3n) is 4.11. The van der Waals surface area contributed by atoms with Gasteiger partial charge in [-0.05, 0) is 42.8 Å². The van der Waals surface area contributed by atoms with Gasteiger partial charge >= 0.3 is 0 Å². The molecule has 2 rings (SSSR count). The van der Waals surface area contributed by atoms with Crippen molar-refractivity contribution in [2.75, 3.05) is 12.8 Å². The van der Waals surface area contributed by atoms with Crippen molar-refractivity contribution in [3.8, 4) is 0 Å². The number of halogens is 2. The summed E-state index contributed by atoms with van der Waals surface area (Å²) >= 11 is 13.7. The summed E-state index contributed by atoms with van der Waals surface area (Å²) in [5.74, 6) is 0.313. The van der Waals surface area contributed by atoms with E-state index in [9.17, 15) is 9.59 Å². The van der Waals surface area contributed by atoms with E-state index in [1.165, 1.54) is 0 Å². The van der Waals surface area contributed by atoms with Crippen molar-refractivity contribution in [1.29, 1.82) is 0 Å². The van der Waals surface area contributed by atoms with Crippen LogP contribution in [0.5, 0.6) is 0 Å². The molecule has 0 unspecified atom stereocenters. The molecule has 2 aromatic rings. The average Bonchev–Trinajstić information content (AvgIpc) is 2.67. The second-order valence-electron chi connectivity index (χ2n) is 5.96. The summed E-state index contributed by atoms with van der Waals surface area (Å²) in [5, 5.41) is 3.86. The van der Waals surface area contributed by atoms with E-state index in [0.29, 0.717) is 28.8 Å². The number of amides is 2. The second kappa shape index (κ2) is 10.6. The van der Waals surface area contributed by atoms with Gasteiger partial charge in [0.2, 0.25) is 11.8 Å². The number of likely N-dealkylation sites (N-methyl/N-ethyl adjacent to an activating group) is 1. The third-order valence-corrected chi connectivity index (χ3v) is 5.74. The van der Waals surface area contributed by atoms with Gasteiger partial charge in [-0.1, -0.05) is 41.4 Å². The lowest BCUT2D eigenvalue weighted by Crippen LogP contribution is -2.46. The maximum Gasteiger partial charge on any atom is 0.242 e. The smallest absolute Gasteiger partial charge is 0.242 e. The number of hydrogen-bond donors (Lipinski definition) is 1. The Balaban J connectivity index is 2.04. The van der Waals surface area contributed by atoms with E-state index in [1.807, 2.05) is 42.5 Å². The lowest BCUT2D eigenvalue weighted by molar-refractivity contribution is -0.140. The van der Waals surface area contributed by atoms with Crippen molar-refractivity contribution in [3.63, 3.8) is 0 Å². The molecule has 144 valence electrons. The molecular formula is C20H22Cl2N2O2S. The van der Waals surface area contributed by atoms with Gasteiger partial charge in [-0.25, -0.2) is 0 Å². The first-order valence-electron chi connectivity index (χ1n) is 8.55. The van der Waals surface area contributed by atoms with Crippen LogP contribution in [0.3, 0.4) is 0 Å². The summed E-state index contributed by atoms with van der Waals surface area (Å²) in [5.41, 5.74) is 0.814. The van der Waals surface area contributed by atoms with Crippen molar-refractivity contribution >= 4 is 46.8 Å². The van der Waals surface area contributed by atoms with E-state index in [2.05, 4.69) is 5.32 Å². The van der Waals surface area contributed by atoms with Gasteiger partial charge in [0.25, 0.3) is 0 Å². The standard InChI is InChI=1S/C20H22Cl2N2O2S/c1-14(20(26)23-2)24(13-15-5-3-4-6-18(15)22)19(25)11-12-27-17-9-7-16(21)8-10-17/h3-10,14H,11-13H2,1-2H3,(H,23,26)/t14-/m0/s1. The molecule has 0 bridgehead atoms. The van der Waals surface area contributed by atoms with Crippen LogP contribution in [0.1, 0.15) is 18.9 Å². The van der Waals surface area contributed by atoms with Crippen LogP contribution in [0.15, 0.2) is 53.4 Å². The fourth-order valence-corrected chi connectivity index (χ4v) is 3.69. The fourth-order valence-electron chi connectivity index (χ4n) is 2.53. The molecule has 0 saturated heterocycles. The Labute approximate surface area is 174 Å². The molecule has 4 nitrogen and oxygen atoms in total. The monoisotopic (exact) mass is 424 g/mol. The van der Waals surface area contributed by atoms with E-state index < -0.39 is 6.04 Å². The summed E-state index contributed by atoms with van der Waals surface area (Å²) in [7, 11) is 1.56. The van der Waals surface area contributed by atoms with Crippen molar-refractivity contribution < 1.29 is 9.59 Å². The molecule has 0 aliphatic rings. The Morgan fingerprint density at radius 3 is 2.41 bits per heavy atom. The Bertz CT molecular complexity index is 784. The number of thioether (sulfide) groups is 1. The van der Waals surface area contributed by atoms with Gasteiger partial charge in [-0.3, -0.25) is 9.59 Å². The quantitative estimate of drug-likeness (QED) is 0.627. The molecule has 0 heterocycles. The van der Waals surface area contributed by atoms with E-state index in [1.54, 1.807) is 36.7 Å². The molecular weight excluding hydrogens is 403 g/mol. The first-order chi connectivity index (χ1) is 12.9. The van der Waals surface area contributed by atoms with Crippen LogP contribution >= 0.6 is 35.0 Å². The van der Waals surface area contributed by atoms with Gasteiger partial charge in [0, 0.05) is 40.7 Å². The zero-order chi connectivity index (χ0) is 19.8. The maximum atomic E-state index is 12.8. The van der Waals surface area contributed by atoms with E-state index >= 15 is 0 Å². The van der Waals surface area contributed by atoms with Crippen LogP contribution in [0, 0.1) is 0 Å². The molecule has 0 spiro atoms. The number of benzene rings is 2. The highest BCUT2D eigenvalue weighted by Crippen LogP contribution is 2.23. The van der Waals surface area contributed by atoms with Crippen molar-refractivity contribution in [2.45, 2.75) is 30.8 Å². The van der Waals surface area contributed by atoms with Crippen molar-refractivity contribution in [3.05, 3.63) is 64.1 Å². The molecule has 0 radical (unpaired) electrons. The minimum atomic E-state index is -0.584. The fraction of sp³-hybridized carbons (Fsp3) is 0.300. The Morgan fingerprint density at radius 2 is 1.78 bits per heavy atom. The molecule has 7 heteroatoms. The summed E-state index contributed by atoms with van der Waals surface area (Å²) < 4.78 is 0. The number of nitrogens with one attached hydrogen (secondary N) is 1. The molecule has 1 atom stereocenters. The van der Waals surface area contributed by atoms with Gasteiger partial charge in [0.15, 0.2) is 0 Å². The third kappa shape index (κ3) is 6.45. The maximum absolute atomic E-state index is 12.8. The highest BCUT2D eigenvalue weighted by Gasteiger charge is 2.25. The first kappa shape index (κ1) is 21.6. The molecule has 0 aromatic heterocycles. The zero-order valence-electron chi connectivity index (χ0n) is 15.2. The van der Waals surface area contributed by atoms with Crippen LogP contribution in [0.4, 0.5) is 0 Å². The number of nitrogens with zero attached hydrogens (tertiary/aromatic N) is 1. The predicted octanol–water partition coefficient (Wildman–Crippen LogP) is 4.64. The van der Waals surface area contributed by atoms with E-state index in [-0.39, 0.29) is 11.8 Å². The molecule has 0 saturated carbocycles. The van der Waals surface area contributed by atoms with Gasteiger partial charge < -0.3 is 10.2 Å².